The average Bonchev–Trinajstić information content (AvgIpc) is 2.54. The first-order valence-corrected chi connectivity index (χ1v) is 7.90. The molecule has 3 unspecified atom stereocenters. The number of nitrogens with zero attached hydrogens (tertiary/aromatic N) is 1. The largest absolute Gasteiger partial charge is 0.465 e. The molecule has 0 bridgehead atoms. The molecule has 0 aromatic heterocycles. The van der Waals surface area contributed by atoms with E-state index < -0.39 is 0 Å². The SMILES string of the molecule is CC(C)C1CCCCC2C(C1)OC(=S)N2C(C)C. The van der Waals surface area contributed by atoms with Crippen LogP contribution in [-0.4, -0.2) is 28.3 Å². The van der Waals surface area contributed by atoms with Crippen molar-refractivity contribution in [3.63, 3.8) is 0 Å². The lowest BCUT2D eigenvalue weighted by Gasteiger charge is -2.33. The van der Waals surface area contributed by atoms with Crippen LogP contribution in [0.2, 0.25) is 0 Å². The third-order valence-electron chi connectivity index (χ3n) is 4.61. The maximum atomic E-state index is 6.01. The van der Waals surface area contributed by atoms with Crippen molar-refractivity contribution < 1.29 is 4.74 Å². The molecule has 104 valence electrons. The van der Waals surface area contributed by atoms with Crippen LogP contribution in [-0.2, 0) is 4.74 Å². The molecule has 2 aliphatic rings. The van der Waals surface area contributed by atoms with Crippen molar-refractivity contribution in [1.82, 2.24) is 4.90 Å². The highest BCUT2D eigenvalue weighted by Gasteiger charge is 2.42. The van der Waals surface area contributed by atoms with Gasteiger partial charge >= 0.3 is 0 Å². The predicted molar refractivity (Wildman–Crippen MR) is 79.6 cm³/mol. The normalized spacial score (nSPS) is 33.3. The molecule has 0 amide bonds. The Balaban J connectivity index is 2.12. The highest BCUT2D eigenvalue weighted by molar-refractivity contribution is 7.80. The van der Waals surface area contributed by atoms with Crippen molar-refractivity contribution in [1.29, 1.82) is 0 Å². The maximum Gasteiger partial charge on any atom is 0.260 e. The van der Waals surface area contributed by atoms with E-state index in [1.807, 2.05) is 0 Å². The molecule has 0 aromatic rings. The molecular formula is C15H27NOS. The summed E-state index contributed by atoms with van der Waals surface area (Å²) in [4.78, 5) is 2.34. The number of rotatable bonds is 2. The molecule has 18 heavy (non-hydrogen) atoms. The number of fused-ring (bicyclic) bond motifs is 1. The summed E-state index contributed by atoms with van der Waals surface area (Å²) in [6.07, 6.45) is 6.82. The fourth-order valence-electron chi connectivity index (χ4n) is 3.49. The quantitative estimate of drug-likeness (QED) is 0.703. The van der Waals surface area contributed by atoms with Crippen molar-refractivity contribution in [2.45, 2.75) is 78.0 Å². The Morgan fingerprint density at radius 2 is 1.83 bits per heavy atom. The summed E-state index contributed by atoms with van der Waals surface area (Å²) in [6, 6.07) is 0.989. The van der Waals surface area contributed by atoms with Crippen LogP contribution in [0.25, 0.3) is 0 Å². The van der Waals surface area contributed by atoms with Gasteiger partial charge in [0.15, 0.2) is 0 Å². The number of hydrogen-bond donors (Lipinski definition) is 0. The maximum absolute atomic E-state index is 6.01. The average molecular weight is 269 g/mol. The molecule has 1 saturated heterocycles. The lowest BCUT2D eigenvalue weighted by molar-refractivity contribution is 0.113. The summed E-state index contributed by atoms with van der Waals surface area (Å²) in [6.45, 7) is 9.12. The molecule has 2 fully saturated rings. The Morgan fingerprint density at radius 3 is 2.44 bits per heavy atom. The highest BCUT2D eigenvalue weighted by Crippen LogP contribution is 2.36. The first kappa shape index (κ1) is 14.1. The van der Waals surface area contributed by atoms with E-state index in [1.54, 1.807) is 0 Å². The predicted octanol–water partition coefficient (Wildman–Crippen LogP) is 3.99. The molecule has 1 aliphatic carbocycles. The van der Waals surface area contributed by atoms with Crippen LogP contribution in [0.1, 0.15) is 59.8 Å². The number of thiocarbonyl (C=S) groups is 1. The summed E-state index contributed by atoms with van der Waals surface area (Å²) >= 11 is 5.43. The lowest BCUT2D eigenvalue weighted by atomic mass is 9.81. The van der Waals surface area contributed by atoms with Gasteiger partial charge in [-0.1, -0.05) is 33.1 Å². The van der Waals surface area contributed by atoms with Gasteiger partial charge in [0.1, 0.15) is 6.10 Å². The Kier molecular flexibility index (Phi) is 4.52. The second-order valence-electron chi connectivity index (χ2n) is 6.51. The topological polar surface area (TPSA) is 12.5 Å². The van der Waals surface area contributed by atoms with E-state index in [0.29, 0.717) is 18.2 Å². The number of ether oxygens (including phenoxy) is 1. The van der Waals surface area contributed by atoms with E-state index in [4.69, 9.17) is 17.0 Å². The first-order chi connectivity index (χ1) is 8.50. The molecule has 0 N–H and O–H groups in total. The summed E-state index contributed by atoms with van der Waals surface area (Å²) in [5, 5.41) is 0.740. The van der Waals surface area contributed by atoms with Gasteiger partial charge in [-0.25, -0.2) is 0 Å². The zero-order valence-electron chi connectivity index (χ0n) is 12.2. The minimum absolute atomic E-state index is 0.340. The Morgan fingerprint density at radius 1 is 1.17 bits per heavy atom. The second kappa shape index (κ2) is 5.77. The minimum atomic E-state index is 0.340. The summed E-state index contributed by atoms with van der Waals surface area (Å²) < 4.78 is 6.01. The van der Waals surface area contributed by atoms with Gasteiger partial charge in [0.25, 0.3) is 5.17 Å². The Hall–Kier alpha value is -0.310. The van der Waals surface area contributed by atoms with Gasteiger partial charge in [-0.2, -0.15) is 0 Å². The molecule has 0 radical (unpaired) electrons. The third-order valence-corrected chi connectivity index (χ3v) is 4.92. The molecule has 0 aromatic carbocycles. The van der Waals surface area contributed by atoms with Gasteiger partial charge in [-0.15, -0.1) is 0 Å². The molecule has 0 spiro atoms. The summed E-state index contributed by atoms with van der Waals surface area (Å²) in [5.74, 6) is 1.56. The van der Waals surface area contributed by atoms with Crippen molar-refractivity contribution in [2.24, 2.45) is 11.8 Å². The zero-order valence-corrected chi connectivity index (χ0v) is 13.0. The zero-order chi connectivity index (χ0) is 13.3. The van der Waals surface area contributed by atoms with Gasteiger partial charge < -0.3 is 9.64 Å². The molecule has 1 aliphatic heterocycles. The highest BCUT2D eigenvalue weighted by atomic mass is 32.1. The minimum Gasteiger partial charge on any atom is -0.465 e. The smallest absolute Gasteiger partial charge is 0.260 e. The molecule has 3 heteroatoms. The fourth-order valence-corrected chi connectivity index (χ4v) is 3.96. The van der Waals surface area contributed by atoms with Gasteiger partial charge in [0, 0.05) is 6.04 Å². The molecule has 1 saturated carbocycles. The van der Waals surface area contributed by atoms with E-state index in [9.17, 15) is 0 Å². The molecule has 3 atom stereocenters. The molecular weight excluding hydrogens is 242 g/mol. The van der Waals surface area contributed by atoms with Crippen molar-refractivity contribution in [3.8, 4) is 0 Å². The van der Waals surface area contributed by atoms with Gasteiger partial charge in [0.2, 0.25) is 0 Å². The summed E-state index contributed by atoms with van der Waals surface area (Å²) in [5.41, 5.74) is 0. The van der Waals surface area contributed by atoms with Crippen LogP contribution in [0, 0.1) is 11.8 Å². The van der Waals surface area contributed by atoms with Crippen LogP contribution in [0.15, 0.2) is 0 Å². The monoisotopic (exact) mass is 269 g/mol. The van der Waals surface area contributed by atoms with Crippen LogP contribution in [0.5, 0.6) is 0 Å². The number of hydrogen-bond acceptors (Lipinski definition) is 2. The Bertz CT molecular complexity index is 303. The molecule has 1 heterocycles. The van der Waals surface area contributed by atoms with Crippen molar-refractivity contribution in [3.05, 3.63) is 0 Å². The third kappa shape index (κ3) is 2.81. The summed E-state index contributed by atoms with van der Waals surface area (Å²) in [7, 11) is 0. The van der Waals surface area contributed by atoms with Crippen LogP contribution in [0.3, 0.4) is 0 Å². The van der Waals surface area contributed by atoms with E-state index in [2.05, 4.69) is 32.6 Å². The van der Waals surface area contributed by atoms with Crippen molar-refractivity contribution in [2.75, 3.05) is 0 Å². The molecule has 2 rings (SSSR count). The lowest BCUT2D eigenvalue weighted by Crippen LogP contribution is -2.42. The van der Waals surface area contributed by atoms with E-state index in [1.165, 1.54) is 32.1 Å². The van der Waals surface area contributed by atoms with Gasteiger partial charge in [0.05, 0.1) is 6.04 Å². The van der Waals surface area contributed by atoms with Crippen LogP contribution in [0.4, 0.5) is 0 Å². The van der Waals surface area contributed by atoms with Gasteiger partial charge in [-0.3, -0.25) is 0 Å². The fraction of sp³-hybridized carbons (Fsp3) is 0.933. The van der Waals surface area contributed by atoms with Crippen LogP contribution < -0.4 is 0 Å². The Labute approximate surface area is 117 Å². The van der Waals surface area contributed by atoms with Crippen molar-refractivity contribution >= 4 is 17.4 Å². The molecule has 2 nitrogen and oxygen atoms in total. The second-order valence-corrected chi connectivity index (χ2v) is 6.86. The van der Waals surface area contributed by atoms with Crippen LogP contribution >= 0.6 is 12.2 Å². The van der Waals surface area contributed by atoms with E-state index in [-0.39, 0.29) is 0 Å². The first-order valence-electron chi connectivity index (χ1n) is 7.49. The van der Waals surface area contributed by atoms with E-state index in [0.717, 1.165) is 17.0 Å². The van der Waals surface area contributed by atoms with Gasteiger partial charge in [-0.05, 0) is 50.7 Å². The van der Waals surface area contributed by atoms with E-state index >= 15 is 0 Å². The standard InChI is InChI=1S/C15H27NOS/c1-10(2)12-7-5-6-8-13-14(9-12)17-15(18)16(13)11(3)4/h10-14H,5-9H2,1-4H3.